The number of hydrogen-bond donors (Lipinski definition) is 0. The summed E-state index contributed by atoms with van der Waals surface area (Å²) in [5.41, 5.74) is 0. The number of rotatable bonds is 73. The van der Waals surface area contributed by atoms with Crippen molar-refractivity contribution in [3.63, 3.8) is 0 Å². The Morgan fingerprint density at radius 2 is 0.325 bits per heavy atom. The van der Waals surface area contributed by atoms with Crippen molar-refractivity contribution in [3.05, 3.63) is 0 Å². The summed E-state index contributed by atoms with van der Waals surface area (Å²) in [5.74, 6) is -0.840. The summed E-state index contributed by atoms with van der Waals surface area (Å²) in [6.07, 6.45) is 88.1. The van der Waals surface area contributed by atoms with Crippen LogP contribution in [-0.2, 0) is 28.6 Å². The van der Waals surface area contributed by atoms with E-state index in [2.05, 4.69) is 20.8 Å². The van der Waals surface area contributed by atoms with Gasteiger partial charge in [-0.25, -0.2) is 0 Å². The van der Waals surface area contributed by atoms with Gasteiger partial charge in [0.05, 0.1) is 0 Å². The Morgan fingerprint density at radius 3 is 0.482 bits per heavy atom. The Balaban J connectivity index is 3.83. The monoisotopic (exact) mass is 1170 g/mol. The fourth-order valence-corrected chi connectivity index (χ4v) is 12.3. The molecule has 0 aromatic rings. The Bertz CT molecular complexity index is 1250. The highest BCUT2D eigenvalue weighted by Crippen LogP contribution is 2.20. The van der Waals surface area contributed by atoms with Gasteiger partial charge in [-0.15, -0.1) is 0 Å². The summed E-state index contributed by atoms with van der Waals surface area (Å²) in [4.78, 5) is 38.1. The maximum Gasteiger partial charge on any atom is 0.306 e. The number of carbonyl (C=O) groups excluding carboxylic acids is 3. The quantitative estimate of drug-likeness (QED) is 0.0343. The molecule has 1 atom stereocenters. The molecule has 0 amide bonds. The minimum atomic E-state index is -0.762. The van der Waals surface area contributed by atoms with E-state index in [1.807, 2.05) is 0 Å². The normalized spacial score (nSPS) is 11.9. The van der Waals surface area contributed by atoms with Crippen LogP contribution in [0.15, 0.2) is 0 Å². The van der Waals surface area contributed by atoms with Gasteiger partial charge < -0.3 is 14.2 Å². The zero-order valence-electron chi connectivity index (χ0n) is 57.0. The third-order valence-electron chi connectivity index (χ3n) is 18.1. The second kappa shape index (κ2) is 72.9. The molecular formula is C77H150O6. The van der Waals surface area contributed by atoms with Gasteiger partial charge in [-0.1, -0.05) is 419 Å². The van der Waals surface area contributed by atoms with E-state index in [0.717, 1.165) is 64.2 Å². The predicted octanol–water partition coefficient (Wildman–Crippen LogP) is 26.6. The Morgan fingerprint density at radius 1 is 0.193 bits per heavy atom. The molecular weight excluding hydrogens is 1020 g/mol. The zero-order valence-corrected chi connectivity index (χ0v) is 57.0. The van der Waals surface area contributed by atoms with Gasteiger partial charge in [-0.05, 0) is 19.3 Å². The molecule has 0 heterocycles. The van der Waals surface area contributed by atoms with E-state index in [0.29, 0.717) is 19.3 Å². The predicted molar refractivity (Wildman–Crippen MR) is 363 cm³/mol. The minimum absolute atomic E-state index is 0.0620. The van der Waals surface area contributed by atoms with Crippen LogP contribution in [0.5, 0.6) is 0 Å². The summed E-state index contributed by atoms with van der Waals surface area (Å²) < 4.78 is 16.9. The second-order valence-electron chi connectivity index (χ2n) is 26.6. The average Bonchev–Trinajstić information content (AvgIpc) is 3.49. The summed E-state index contributed by atoms with van der Waals surface area (Å²) in [6.45, 7) is 6.66. The lowest BCUT2D eigenvalue weighted by Crippen LogP contribution is -2.30. The van der Waals surface area contributed by atoms with Crippen LogP contribution in [0.1, 0.15) is 457 Å². The van der Waals surface area contributed by atoms with Crippen LogP contribution < -0.4 is 0 Å². The van der Waals surface area contributed by atoms with Crippen LogP contribution in [0.3, 0.4) is 0 Å². The Labute approximate surface area is 520 Å². The molecule has 0 aliphatic heterocycles. The number of unbranched alkanes of at least 4 members (excludes halogenated alkanes) is 62. The first-order valence-corrected chi connectivity index (χ1v) is 38.5. The first-order valence-electron chi connectivity index (χ1n) is 38.5. The van der Waals surface area contributed by atoms with E-state index in [4.69, 9.17) is 14.2 Å². The molecule has 1 unspecified atom stereocenters. The molecule has 0 radical (unpaired) electrons. The molecule has 0 aliphatic carbocycles. The van der Waals surface area contributed by atoms with Gasteiger partial charge in [0, 0.05) is 19.3 Å². The SMILES string of the molecule is CCCCCCCCCCCCCCCCCCCCCCCCCCCCCCCCCCCCC(=O)OCC(COC(=O)CCCCCCC)OC(=O)CCCCCCCCCCCCCCCCCCCCCCCCCCCC. The largest absolute Gasteiger partial charge is 0.462 e. The molecule has 6 heteroatoms. The van der Waals surface area contributed by atoms with Gasteiger partial charge >= 0.3 is 17.9 Å². The third-order valence-corrected chi connectivity index (χ3v) is 18.1. The maximum atomic E-state index is 12.9. The van der Waals surface area contributed by atoms with E-state index in [-0.39, 0.29) is 31.1 Å². The number of carbonyl (C=O) groups is 3. The fraction of sp³-hybridized carbons (Fsp3) is 0.961. The summed E-state index contributed by atoms with van der Waals surface area (Å²) in [6, 6.07) is 0. The van der Waals surface area contributed by atoms with Gasteiger partial charge in [-0.2, -0.15) is 0 Å². The molecule has 6 nitrogen and oxygen atoms in total. The molecule has 0 aromatic carbocycles. The molecule has 0 aromatic heterocycles. The first kappa shape index (κ1) is 81.4. The molecule has 0 saturated heterocycles. The topological polar surface area (TPSA) is 78.9 Å². The summed E-state index contributed by atoms with van der Waals surface area (Å²) in [5, 5.41) is 0. The molecule has 0 bridgehead atoms. The zero-order chi connectivity index (χ0) is 59.9. The number of esters is 3. The second-order valence-corrected chi connectivity index (χ2v) is 26.6. The van der Waals surface area contributed by atoms with Crippen LogP contribution in [0.25, 0.3) is 0 Å². The smallest absolute Gasteiger partial charge is 0.306 e. The molecule has 0 rings (SSSR count). The molecule has 0 fully saturated rings. The number of hydrogen-bond acceptors (Lipinski definition) is 6. The van der Waals surface area contributed by atoms with Gasteiger partial charge in [0.25, 0.3) is 0 Å². The van der Waals surface area contributed by atoms with Crippen LogP contribution in [0.2, 0.25) is 0 Å². The van der Waals surface area contributed by atoms with Crippen molar-refractivity contribution in [2.45, 2.75) is 463 Å². The summed E-state index contributed by atoms with van der Waals surface area (Å²) in [7, 11) is 0. The molecule has 0 aliphatic rings. The van der Waals surface area contributed by atoms with E-state index < -0.39 is 6.10 Å². The maximum absolute atomic E-state index is 12.9. The van der Waals surface area contributed by atoms with Crippen LogP contribution in [0.4, 0.5) is 0 Å². The highest BCUT2D eigenvalue weighted by molar-refractivity contribution is 5.71. The Hall–Kier alpha value is -1.59. The molecule has 494 valence electrons. The van der Waals surface area contributed by atoms with Crippen molar-refractivity contribution in [1.82, 2.24) is 0 Å². The van der Waals surface area contributed by atoms with Gasteiger partial charge in [-0.3, -0.25) is 14.4 Å². The van der Waals surface area contributed by atoms with Crippen LogP contribution >= 0.6 is 0 Å². The standard InChI is InChI=1S/C77H150O6/c1-4-7-10-13-15-17-19-21-23-25-27-29-31-33-35-36-37-38-39-40-41-42-44-45-47-49-51-53-55-57-59-61-64-67-70-76(79)82-73-74(72-81-75(78)69-66-63-12-9-6-3)83-77(80)71-68-65-62-60-58-56-54-52-50-48-46-43-34-32-30-28-26-24-22-20-18-16-14-11-8-5-2/h74H,4-73H2,1-3H3. The van der Waals surface area contributed by atoms with Crippen molar-refractivity contribution in [3.8, 4) is 0 Å². The first-order chi connectivity index (χ1) is 41.0. The minimum Gasteiger partial charge on any atom is -0.462 e. The van der Waals surface area contributed by atoms with E-state index in [1.165, 1.54) is 353 Å². The van der Waals surface area contributed by atoms with E-state index >= 15 is 0 Å². The lowest BCUT2D eigenvalue weighted by molar-refractivity contribution is -0.167. The van der Waals surface area contributed by atoms with E-state index in [1.54, 1.807) is 0 Å². The Kier molecular flexibility index (Phi) is 71.5. The van der Waals surface area contributed by atoms with Crippen molar-refractivity contribution >= 4 is 17.9 Å². The lowest BCUT2D eigenvalue weighted by atomic mass is 10.0. The summed E-state index contributed by atoms with van der Waals surface area (Å²) >= 11 is 0. The molecule has 83 heavy (non-hydrogen) atoms. The van der Waals surface area contributed by atoms with Crippen molar-refractivity contribution in [2.24, 2.45) is 0 Å². The van der Waals surface area contributed by atoms with Crippen molar-refractivity contribution < 1.29 is 28.6 Å². The van der Waals surface area contributed by atoms with Crippen LogP contribution in [-0.4, -0.2) is 37.2 Å². The van der Waals surface area contributed by atoms with E-state index in [9.17, 15) is 14.4 Å². The fourth-order valence-electron chi connectivity index (χ4n) is 12.3. The number of ether oxygens (including phenoxy) is 3. The molecule has 0 spiro atoms. The molecule has 0 saturated carbocycles. The highest BCUT2D eigenvalue weighted by Gasteiger charge is 2.20. The van der Waals surface area contributed by atoms with Gasteiger partial charge in [0.1, 0.15) is 13.2 Å². The highest BCUT2D eigenvalue weighted by atomic mass is 16.6. The van der Waals surface area contributed by atoms with Gasteiger partial charge in [0.2, 0.25) is 0 Å². The van der Waals surface area contributed by atoms with Crippen molar-refractivity contribution in [1.29, 1.82) is 0 Å². The van der Waals surface area contributed by atoms with Crippen molar-refractivity contribution in [2.75, 3.05) is 13.2 Å². The third kappa shape index (κ3) is 71.1. The lowest BCUT2D eigenvalue weighted by Gasteiger charge is -2.18. The average molecular weight is 1170 g/mol. The van der Waals surface area contributed by atoms with Gasteiger partial charge in [0.15, 0.2) is 6.10 Å². The molecule has 0 N–H and O–H groups in total. The van der Waals surface area contributed by atoms with Crippen LogP contribution in [0, 0.1) is 0 Å².